The molecule has 0 bridgehead atoms. The number of nitrogens with zero attached hydrogens (tertiary/aromatic N) is 1. The number of hydrogen-bond donors (Lipinski definition) is 0. The highest BCUT2D eigenvalue weighted by molar-refractivity contribution is 7.86. The molecule has 1 aliphatic rings. The molecule has 2 aromatic rings. The number of imide groups is 1. The van der Waals surface area contributed by atoms with E-state index in [4.69, 9.17) is 13.7 Å². The number of esters is 1. The van der Waals surface area contributed by atoms with Crippen LogP contribution in [0.15, 0.2) is 72.5 Å². The molecule has 2 aromatic carbocycles. The van der Waals surface area contributed by atoms with Gasteiger partial charge in [0.2, 0.25) is 0 Å². The van der Waals surface area contributed by atoms with Crippen molar-refractivity contribution in [3.63, 3.8) is 0 Å². The van der Waals surface area contributed by atoms with E-state index in [-0.39, 0.29) is 18.8 Å². The molecule has 1 aliphatic heterocycles. The Hall–Kier alpha value is -3.66. The predicted molar refractivity (Wildman–Crippen MR) is 126 cm³/mol. The Balaban J connectivity index is 1.81. The molecule has 186 valence electrons. The van der Waals surface area contributed by atoms with E-state index in [2.05, 4.69) is 0 Å². The van der Waals surface area contributed by atoms with E-state index < -0.39 is 45.5 Å². The molecule has 0 saturated heterocycles. The lowest BCUT2D eigenvalue weighted by molar-refractivity contribution is -0.155. The summed E-state index contributed by atoms with van der Waals surface area (Å²) in [5.41, 5.74) is 0.253. The molecule has 35 heavy (non-hydrogen) atoms. The molecule has 0 aromatic heterocycles. The normalized spacial score (nSPS) is 16.3. The molecule has 0 fully saturated rings. The molecule has 1 heterocycles. The number of ether oxygens (including phenoxy) is 2. The number of rotatable bonds is 7. The van der Waals surface area contributed by atoms with Gasteiger partial charge in [0.1, 0.15) is 29.8 Å². The summed E-state index contributed by atoms with van der Waals surface area (Å²) in [4.78, 5) is 39.1. The topological polar surface area (TPSA) is 116 Å². The molecule has 2 amide bonds. The molecule has 10 heteroatoms. The maximum absolute atomic E-state index is 12.9. The zero-order valence-electron chi connectivity index (χ0n) is 19.7. The molecular formula is C25H27NO8S. The first-order valence-corrected chi connectivity index (χ1v) is 12.4. The van der Waals surface area contributed by atoms with Crippen LogP contribution in [0, 0.1) is 0 Å². The molecule has 0 saturated carbocycles. The van der Waals surface area contributed by atoms with Crippen molar-refractivity contribution in [2.75, 3.05) is 0 Å². The van der Waals surface area contributed by atoms with Gasteiger partial charge < -0.3 is 13.7 Å². The number of hydrogen-bond acceptors (Lipinski definition) is 8. The van der Waals surface area contributed by atoms with Gasteiger partial charge in [0, 0.05) is 12.5 Å². The van der Waals surface area contributed by atoms with Gasteiger partial charge in [-0.2, -0.15) is 8.42 Å². The first-order valence-electron chi connectivity index (χ1n) is 10.9. The van der Waals surface area contributed by atoms with Crippen LogP contribution < -0.4 is 0 Å². The highest BCUT2D eigenvalue weighted by Gasteiger charge is 2.42. The summed E-state index contributed by atoms with van der Waals surface area (Å²) in [6.07, 6.45) is -0.563. The van der Waals surface area contributed by atoms with Crippen molar-refractivity contribution in [1.82, 2.24) is 4.90 Å². The maximum atomic E-state index is 12.9. The molecule has 9 nitrogen and oxygen atoms in total. The Morgan fingerprint density at radius 3 is 2.11 bits per heavy atom. The Labute approximate surface area is 204 Å². The minimum Gasteiger partial charge on any atom is -0.459 e. The first-order chi connectivity index (χ1) is 16.4. The summed E-state index contributed by atoms with van der Waals surface area (Å²) in [5, 5.41) is 0. The van der Waals surface area contributed by atoms with Crippen LogP contribution in [0.3, 0.4) is 0 Å². The summed E-state index contributed by atoms with van der Waals surface area (Å²) in [5.74, 6) is -2.55. The zero-order chi connectivity index (χ0) is 25.6. The summed E-state index contributed by atoms with van der Waals surface area (Å²) in [6.45, 7) is 4.74. The molecule has 0 radical (unpaired) electrons. The quantitative estimate of drug-likeness (QED) is 0.417. The van der Waals surface area contributed by atoms with Crippen molar-refractivity contribution in [3.8, 4) is 0 Å². The van der Waals surface area contributed by atoms with E-state index in [1.807, 2.05) is 0 Å². The fourth-order valence-electron chi connectivity index (χ4n) is 3.27. The second-order valence-corrected chi connectivity index (χ2v) is 10.5. The summed E-state index contributed by atoms with van der Waals surface area (Å²) < 4.78 is 40.9. The van der Waals surface area contributed by atoms with E-state index in [1.165, 1.54) is 0 Å². The smallest absolute Gasteiger partial charge is 0.418 e. The van der Waals surface area contributed by atoms with Crippen LogP contribution in [0.1, 0.15) is 38.3 Å². The van der Waals surface area contributed by atoms with Gasteiger partial charge in [0.25, 0.3) is 5.91 Å². The third-order valence-electron chi connectivity index (χ3n) is 4.73. The third-order valence-corrected chi connectivity index (χ3v) is 5.89. The maximum Gasteiger partial charge on any atom is 0.418 e. The standard InChI is InChI=1S/C25H27NO8S/c1-25(2,3)33-24(29)26-21(23(28)32-16-18-10-6-4-7-11-18)14-20(15-22(26)27)34-35(30,31)17-19-12-8-5-9-13-19/h4-13,15,21H,14,16-17H2,1-3H3. The van der Waals surface area contributed by atoms with Crippen molar-refractivity contribution < 1.29 is 36.5 Å². The van der Waals surface area contributed by atoms with E-state index in [0.29, 0.717) is 16.0 Å². The lowest BCUT2D eigenvalue weighted by atomic mass is 10.1. The summed E-state index contributed by atoms with van der Waals surface area (Å²) in [6, 6.07) is 15.7. The number of amides is 2. The van der Waals surface area contributed by atoms with Gasteiger partial charge in [-0.05, 0) is 31.9 Å². The Kier molecular flexibility index (Phi) is 7.96. The second-order valence-electron chi connectivity index (χ2n) is 8.88. The predicted octanol–water partition coefficient (Wildman–Crippen LogP) is 3.70. The van der Waals surface area contributed by atoms with Crippen LogP contribution >= 0.6 is 0 Å². The molecular weight excluding hydrogens is 474 g/mol. The molecule has 1 unspecified atom stereocenters. The largest absolute Gasteiger partial charge is 0.459 e. The Bertz CT molecular complexity index is 1200. The van der Waals surface area contributed by atoms with Gasteiger partial charge in [0.05, 0.1) is 0 Å². The molecule has 0 aliphatic carbocycles. The second kappa shape index (κ2) is 10.7. The minimum atomic E-state index is -4.14. The van der Waals surface area contributed by atoms with E-state index in [1.54, 1.807) is 81.4 Å². The lowest BCUT2D eigenvalue weighted by Gasteiger charge is -2.33. The van der Waals surface area contributed by atoms with Crippen molar-refractivity contribution in [2.45, 2.75) is 51.2 Å². The Morgan fingerprint density at radius 1 is 0.971 bits per heavy atom. The average Bonchev–Trinajstić information content (AvgIpc) is 2.76. The van der Waals surface area contributed by atoms with Gasteiger partial charge in [0.15, 0.2) is 0 Å². The SMILES string of the molecule is CC(C)(C)OC(=O)N1C(=O)C=C(OS(=O)(=O)Cc2ccccc2)CC1C(=O)OCc1ccccc1. The van der Waals surface area contributed by atoms with E-state index in [0.717, 1.165) is 6.08 Å². The zero-order valence-corrected chi connectivity index (χ0v) is 20.5. The third kappa shape index (κ3) is 7.68. The van der Waals surface area contributed by atoms with Crippen LogP contribution in [0.4, 0.5) is 4.79 Å². The van der Waals surface area contributed by atoms with Crippen LogP contribution in [-0.2, 0) is 45.7 Å². The molecule has 3 rings (SSSR count). The fourth-order valence-corrected chi connectivity index (χ4v) is 4.37. The number of carbonyl (C=O) groups is 3. The molecule has 1 atom stereocenters. The van der Waals surface area contributed by atoms with E-state index in [9.17, 15) is 22.8 Å². The number of carbonyl (C=O) groups excluding carboxylic acids is 3. The monoisotopic (exact) mass is 501 g/mol. The van der Waals surface area contributed by atoms with Crippen LogP contribution in [0.2, 0.25) is 0 Å². The first kappa shape index (κ1) is 26.0. The van der Waals surface area contributed by atoms with Gasteiger partial charge in [-0.1, -0.05) is 60.7 Å². The summed E-state index contributed by atoms with van der Waals surface area (Å²) in [7, 11) is -4.14. The van der Waals surface area contributed by atoms with Crippen molar-refractivity contribution in [3.05, 3.63) is 83.6 Å². The Morgan fingerprint density at radius 2 is 1.54 bits per heavy atom. The molecule has 0 spiro atoms. The van der Waals surface area contributed by atoms with Gasteiger partial charge in [-0.15, -0.1) is 0 Å². The number of benzene rings is 2. The van der Waals surface area contributed by atoms with Crippen molar-refractivity contribution >= 4 is 28.1 Å². The highest BCUT2D eigenvalue weighted by Crippen LogP contribution is 2.26. The summed E-state index contributed by atoms with van der Waals surface area (Å²) >= 11 is 0. The minimum absolute atomic E-state index is 0.0985. The lowest BCUT2D eigenvalue weighted by Crippen LogP contribution is -2.52. The van der Waals surface area contributed by atoms with Crippen molar-refractivity contribution in [1.29, 1.82) is 0 Å². The van der Waals surface area contributed by atoms with E-state index >= 15 is 0 Å². The van der Waals surface area contributed by atoms with Gasteiger partial charge in [-0.25, -0.2) is 14.5 Å². The molecule has 0 N–H and O–H groups in total. The van der Waals surface area contributed by atoms with Crippen LogP contribution in [0.25, 0.3) is 0 Å². The van der Waals surface area contributed by atoms with Crippen molar-refractivity contribution in [2.24, 2.45) is 0 Å². The average molecular weight is 502 g/mol. The van der Waals surface area contributed by atoms with Crippen LogP contribution in [-0.4, -0.2) is 42.9 Å². The van der Waals surface area contributed by atoms with Gasteiger partial charge >= 0.3 is 22.2 Å². The fraction of sp³-hybridized carbons (Fsp3) is 0.320. The van der Waals surface area contributed by atoms with Gasteiger partial charge in [-0.3, -0.25) is 4.79 Å². The highest BCUT2D eigenvalue weighted by atomic mass is 32.2. The van der Waals surface area contributed by atoms with Crippen LogP contribution in [0.5, 0.6) is 0 Å².